The largest absolute Gasteiger partial charge is 0.491 e. The van der Waals surface area contributed by atoms with Crippen molar-refractivity contribution in [2.45, 2.75) is 92.6 Å². The van der Waals surface area contributed by atoms with Crippen LogP contribution in [0.3, 0.4) is 0 Å². The van der Waals surface area contributed by atoms with Crippen molar-refractivity contribution in [2.75, 3.05) is 26.4 Å². The van der Waals surface area contributed by atoms with Gasteiger partial charge in [-0.25, -0.2) is 0 Å². The molecule has 0 fully saturated rings. The van der Waals surface area contributed by atoms with Crippen LogP contribution in [0.1, 0.15) is 68.2 Å². The second-order valence-electron chi connectivity index (χ2n) is 18.3. The van der Waals surface area contributed by atoms with E-state index in [-0.39, 0.29) is 24.4 Å². The van der Waals surface area contributed by atoms with E-state index in [4.69, 9.17) is 36.7 Å². The van der Waals surface area contributed by atoms with Crippen LogP contribution >= 0.6 is 0 Å². The summed E-state index contributed by atoms with van der Waals surface area (Å²) in [5, 5.41) is 4.18. The SMILES string of the molecule is CC(COc1ccccc1)O[Si](OC(C)COc1ccccc1)(c1ccccc1)c1ccccc1.CC(COc1ccccc1)O[Si](OC(C)COc1ccccc1)(c1ccccc1)c1ccccc1.CCC.CCC. The van der Waals surface area contributed by atoms with Crippen molar-refractivity contribution in [1.82, 2.24) is 0 Å². The van der Waals surface area contributed by atoms with E-state index >= 15 is 0 Å². The van der Waals surface area contributed by atoms with Crippen molar-refractivity contribution >= 4 is 37.9 Å². The molecule has 76 heavy (non-hydrogen) atoms. The topological polar surface area (TPSA) is 73.8 Å². The average Bonchev–Trinajstić information content (AvgIpc) is 3.47. The highest BCUT2D eigenvalue weighted by Gasteiger charge is 2.47. The molecule has 0 saturated carbocycles. The van der Waals surface area contributed by atoms with Crippen LogP contribution < -0.4 is 39.7 Å². The van der Waals surface area contributed by atoms with Gasteiger partial charge in [-0.05, 0) is 97.0 Å². The van der Waals surface area contributed by atoms with Gasteiger partial charge in [0.1, 0.15) is 49.4 Å². The number of benzene rings is 8. The van der Waals surface area contributed by atoms with Crippen LogP contribution in [0.5, 0.6) is 23.0 Å². The van der Waals surface area contributed by atoms with E-state index in [1.165, 1.54) is 12.8 Å². The van der Waals surface area contributed by atoms with Gasteiger partial charge in [-0.1, -0.05) is 235 Å². The molecule has 10 heteroatoms. The molecule has 8 aromatic rings. The lowest BCUT2D eigenvalue weighted by Gasteiger charge is -2.36. The maximum atomic E-state index is 6.89. The third kappa shape index (κ3) is 20.1. The molecular weight excluding hydrogens is 977 g/mol. The van der Waals surface area contributed by atoms with Crippen molar-refractivity contribution in [3.05, 3.63) is 243 Å². The Morgan fingerprint density at radius 3 is 0.553 bits per heavy atom. The van der Waals surface area contributed by atoms with E-state index in [2.05, 4.69) is 76.2 Å². The lowest BCUT2D eigenvalue weighted by atomic mass is 10.3. The van der Waals surface area contributed by atoms with Gasteiger partial charge >= 0.3 is 17.1 Å². The zero-order chi connectivity index (χ0) is 54.1. The fraction of sp³-hybridized carbons (Fsp3) is 0.273. The highest BCUT2D eigenvalue weighted by atomic mass is 28.4. The van der Waals surface area contributed by atoms with E-state index in [1.807, 2.05) is 222 Å². The van der Waals surface area contributed by atoms with E-state index in [9.17, 15) is 0 Å². The first kappa shape index (κ1) is 60.1. The van der Waals surface area contributed by atoms with Gasteiger partial charge in [-0.15, -0.1) is 0 Å². The molecule has 0 amide bonds. The molecule has 4 unspecified atom stereocenters. The summed E-state index contributed by atoms with van der Waals surface area (Å²) in [5.41, 5.74) is 0. The predicted octanol–water partition coefficient (Wildman–Crippen LogP) is 13.3. The first-order chi connectivity index (χ1) is 37.1. The number of para-hydroxylation sites is 4. The summed E-state index contributed by atoms with van der Waals surface area (Å²) in [6, 6.07) is 80.2. The Balaban J connectivity index is 0.000000254. The molecule has 4 atom stereocenters. The molecular formula is C66H80O8Si2. The molecule has 8 aromatic carbocycles. The van der Waals surface area contributed by atoms with Crippen LogP contribution in [0.15, 0.2) is 243 Å². The third-order valence-electron chi connectivity index (χ3n) is 11.0. The monoisotopic (exact) mass is 1060 g/mol. The Morgan fingerprint density at radius 1 is 0.250 bits per heavy atom. The van der Waals surface area contributed by atoms with Crippen LogP contribution in [0, 0.1) is 0 Å². The molecule has 8 nitrogen and oxygen atoms in total. The highest BCUT2D eigenvalue weighted by molar-refractivity contribution is 6.93. The molecule has 0 radical (unpaired) electrons. The van der Waals surface area contributed by atoms with Gasteiger partial charge in [-0.2, -0.15) is 0 Å². The van der Waals surface area contributed by atoms with Gasteiger partial charge < -0.3 is 36.7 Å². The van der Waals surface area contributed by atoms with E-state index in [1.54, 1.807) is 0 Å². The zero-order valence-corrected chi connectivity index (χ0v) is 47.9. The molecule has 0 aliphatic heterocycles. The Hall–Kier alpha value is -6.77. The first-order valence-electron chi connectivity index (χ1n) is 26.8. The molecule has 400 valence electrons. The highest BCUT2D eigenvalue weighted by Crippen LogP contribution is 2.21. The molecule has 0 saturated heterocycles. The number of hydrogen-bond acceptors (Lipinski definition) is 8. The zero-order valence-electron chi connectivity index (χ0n) is 45.9. The Bertz CT molecular complexity index is 2280. The fourth-order valence-electron chi connectivity index (χ4n) is 7.75. The van der Waals surface area contributed by atoms with Crippen molar-refractivity contribution in [3.63, 3.8) is 0 Å². The Labute approximate surface area is 457 Å². The van der Waals surface area contributed by atoms with Crippen LogP contribution in [-0.4, -0.2) is 68.0 Å². The summed E-state index contributed by atoms with van der Waals surface area (Å²) >= 11 is 0. The van der Waals surface area contributed by atoms with E-state index in [0.29, 0.717) is 26.4 Å². The minimum Gasteiger partial charge on any atom is -0.491 e. The van der Waals surface area contributed by atoms with E-state index < -0.39 is 17.1 Å². The molecule has 0 bridgehead atoms. The van der Waals surface area contributed by atoms with Gasteiger partial charge in [0.25, 0.3) is 0 Å². The van der Waals surface area contributed by atoms with Crippen LogP contribution in [0.2, 0.25) is 0 Å². The second-order valence-corrected chi connectivity index (χ2v) is 24.0. The summed E-state index contributed by atoms with van der Waals surface area (Å²) in [6.07, 6.45) is 1.68. The minimum absolute atomic E-state index is 0.204. The summed E-state index contributed by atoms with van der Waals surface area (Å²) in [6.45, 7) is 18.3. The molecule has 8 rings (SSSR count). The molecule has 0 aliphatic carbocycles. The van der Waals surface area contributed by atoms with Crippen molar-refractivity contribution < 1.29 is 36.7 Å². The molecule has 0 aliphatic rings. The summed E-state index contributed by atoms with van der Waals surface area (Å²) < 4.78 is 51.6. The van der Waals surface area contributed by atoms with Crippen LogP contribution in [0.4, 0.5) is 0 Å². The second kappa shape index (κ2) is 34.0. The van der Waals surface area contributed by atoms with Crippen molar-refractivity contribution in [2.24, 2.45) is 0 Å². The van der Waals surface area contributed by atoms with Crippen molar-refractivity contribution in [1.29, 1.82) is 0 Å². The van der Waals surface area contributed by atoms with Gasteiger partial charge in [0, 0.05) is 0 Å². The maximum absolute atomic E-state index is 6.89. The maximum Gasteiger partial charge on any atom is 0.407 e. The first-order valence-corrected chi connectivity index (χ1v) is 30.4. The summed E-state index contributed by atoms with van der Waals surface area (Å²) in [5.74, 6) is 3.28. The fourth-order valence-corrected chi connectivity index (χ4v) is 14.7. The predicted molar refractivity (Wildman–Crippen MR) is 318 cm³/mol. The Morgan fingerprint density at radius 2 is 0.395 bits per heavy atom. The molecule has 0 aromatic heterocycles. The molecule has 0 spiro atoms. The van der Waals surface area contributed by atoms with E-state index in [0.717, 1.165) is 43.7 Å². The summed E-state index contributed by atoms with van der Waals surface area (Å²) in [7, 11) is -6.22. The lowest BCUT2D eigenvalue weighted by molar-refractivity contribution is 0.0630. The normalized spacial score (nSPS) is 12.5. The standard InChI is InChI=1S/2C30H32O4Si.2C3H8/c2*1-25(23-31-27-15-7-3-8-16-27)33-35(29-19-11-5-12-20-29,30-21-13-6-14-22-30)34-26(2)24-32-28-17-9-4-10-18-28;2*1-3-2/h2*3-22,25-26H,23-24H2,1-2H3;2*3H2,1-2H3. The smallest absolute Gasteiger partial charge is 0.407 e. The Kier molecular flexibility index (Phi) is 26.9. The minimum atomic E-state index is -3.11. The van der Waals surface area contributed by atoms with Crippen LogP contribution in [0.25, 0.3) is 0 Å². The van der Waals surface area contributed by atoms with Gasteiger partial charge in [0.05, 0.1) is 24.4 Å². The van der Waals surface area contributed by atoms with Crippen LogP contribution in [-0.2, 0) is 17.7 Å². The van der Waals surface area contributed by atoms with Gasteiger partial charge in [-0.3, -0.25) is 0 Å². The van der Waals surface area contributed by atoms with Gasteiger partial charge in [0.15, 0.2) is 0 Å². The van der Waals surface area contributed by atoms with Gasteiger partial charge in [0.2, 0.25) is 0 Å². The molecule has 0 heterocycles. The molecule has 0 N–H and O–H groups in total. The lowest BCUT2D eigenvalue weighted by Crippen LogP contribution is -2.66. The number of hydrogen-bond donors (Lipinski definition) is 0. The van der Waals surface area contributed by atoms with Crippen molar-refractivity contribution in [3.8, 4) is 23.0 Å². The quantitative estimate of drug-likeness (QED) is 0.0554. The third-order valence-corrected chi connectivity index (χ3v) is 18.3. The number of rotatable bonds is 24. The average molecular weight is 1060 g/mol. The number of ether oxygens (including phenoxy) is 4. The summed E-state index contributed by atoms with van der Waals surface area (Å²) in [4.78, 5) is 0.